The van der Waals surface area contributed by atoms with Crippen molar-refractivity contribution < 1.29 is 0 Å². The monoisotopic (exact) mass is 214 g/mol. The molecular formula is C13H30N2. The summed E-state index contributed by atoms with van der Waals surface area (Å²) >= 11 is 0. The number of nitrogens with one attached hydrogen (secondary N) is 1. The summed E-state index contributed by atoms with van der Waals surface area (Å²) in [5, 5.41) is 3.48. The molecule has 0 bridgehead atoms. The quantitative estimate of drug-likeness (QED) is 0.532. The molecule has 0 spiro atoms. The van der Waals surface area contributed by atoms with Crippen molar-refractivity contribution in [1.29, 1.82) is 0 Å². The van der Waals surface area contributed by atoms with Crippen molar-refractivity contribution in [1.82, 2.24) is 10.2 Å². The van der Waals surface area contributed by atoms with Gasteiger partial charge in [-0.05, 0) is 38.9 Å². The standard InChI is InChI=1S/C13H30N2/c1-4-7-11-15(12-8-5-2)13-10-14-9-6-3/h14H,4-13H2,1-3H3. The first-order chi connectivity index (χ1) is 7.35. The van der Waals surface area contributed by atoms with Crippen LogP contribution in [-0.4, -0.2) is 37.6 Å². The van der Waals surface area contributed by atoms with Crippen LogP contribution in [0.3, 0.4) is 0 Å². The molecule has 92 valence electrons. The highest BCUT2D eigenvalue weighted by atomic mass is 15.1. The summed E-state index contributed by atoms with van der Waals surface area (Å²) in [5.74, 6) is 0. The van der Waals surface area contributed by atoms with Crippen LogP contribution in [0.15, 0.2) is 0 Å². The van der Waals surface area contributed by atoms with Crippen LogP contribution in [0.5, 0.6) is 0 Å². The van der Waals surface area contributed by atoms with Gasteiger partial charge in [0.05, 0.1) is 0 Å². The average molecular weight is 214 g/mol. The van der Waals surface area contributed by atoms with E-state index in [4.69, 9.17) is 0 Å². The number of hydrogen-bond acceptors (Lipinski definition) is 2. The van der Waals surface area contributed by atoms with Crippen LogP contribution in [0.25, 0.3) is 0 Å². The fourth-order valence-corrected chi connectivity index (χ4v) is 1.64. The lowest BCUT2D eigenvalue weighted by atomic mass is 10.2. The van der Waals surface area contributed by atoms with Crippen LogP contribution in [0.2, 0.25) is 0 Å². The van der Waals surface area contributed by atoms with E-state index < -0.39 is 0 Å². The Morgan fingerprint density at radius 2 is 1.33 bits per heavy atom. The van der Waals surface area contributed by atoms with Crippen molar-refractivity contribution in [3.63, 3.8) is 0 Å². The summed E-state index contributed by atoms with van der Waals surface area (Å²) in [7, 11) is 0. The van der Waals surface area contributed by atoms with Crippen LogP contribution in [-0.2, 0) is 0 Å². The molecule has 0 unspecified atom stereocenters. The zero-order valence-corrected chi connectivity index (χ0v) is 11.0. The molecule has 2 heteroatoms. The van der Waals surface area contributed by atoms with E-state index in [9.17, 15) is 0 Å². The van der Waals surface area contributed by atoms with Gasteiger partial charge in [0.1, 0.15) is 0 Å². The van der Waals surface area contributed by atoms with Gasteiger partial charge >= 0.3 is 0 Å². The molecule has 0 aromatic carbocycles. The van der Waals surface area contributed by atoms with Crippen molar-refractivity contribution in [3.8, 4) is 0 Å². The Kier molecular flexibility index (Phi) is 11.9. The van der Waals surface area contributed by atoms with Gasteiger partial charge in [-0.15, -0.1) is 0 Å². The van der Waals surface area contributed by atoms with Crippen LogP contribution < -0.4 is 5.32 Å². The fourth-order valence-electron chi connectivity index (χ4n) is 1.64. The highest BCUT2D eigenvalue weighted by Crippen LogP contribution is 1.98. The SMILES string of the molecule is CCCCN(CCCC)CCNCCC. The molecule has 0 aliphatic carbocycles. The second-order valence-electron chi connectivity index (χ2n) is 4.30. The Labute approximate surface area is 96.4 Å². The van der Waals surface area contributed by atoms with E-state index in [1.165, 1.54) is 51.7 Å². The third kappa shape index (κ3) is 10.2. The van der Waals surface area contributed by atoms with Gasteiger partial charge in [0.15, 0.2) is 0 Å². The van der Waals surface area contributed by atoms with Crippen molar-refractivity contribution in [2.45, 2.75) is 52.9 Å². The molecule has 0 atom stereocenters. The van der Waals surface area contributed by atoms with Gasteiger partial charge in [0.2, 0.25) is 0 Å². The molecule has 0 amide bonds. The maximum atomic E-state index is 3.48. The molecule has 0 aromatic heterocycles. The maximum absolute atomic E-state index is 3.48. The molecule has 0 saturated carbocycles. The van der Waals surface area contributed by atoms with E-state index in [1.54, 1.807) is 0 Å². The summed E-state index contributed by atoms with van der Waals surface area (Å²) in [5.41, 5.74) is 0. The Balaban J connectivity index is 3.49. The highest BCUT2D eigenvalue weighted by molar-refractivity contribution is 4.59. The van der Waals surface area contributed by atoms with Gasteiger partial charge in [0.25, 0.3) is 0 Å². The van der Waals surface area contributed by atoms with Gasteiger partial charge in [-0.2, -0.15) is 0 Å². The largest absolute Gasteiger partial charge is 0.315 e. The van der Waals surface area contributed by atoms with E-state index in [0.29, 0.717) is 0 Å². The predicted molar refractivity (Wildman–Crippen MR) is 69.4 cm³/mol. The third-order valence-corrected chi connectivity index (χ3v) is 2.69. The Bertz CT molecular complexity index is 107. The maximum Gasteiger partial charge on any atom is 0.0107 e. The van der Waals surface area contributed by atoms with Crippen LogP contribution in [0.4, 0.5) is 0 Å². The topological polar surface area (TPSA) is 15.3 Å². The molecule has 0 rings (SSSR count). The second-order valence-corrected chi connectivity index (χ2v) is 4.30. The van der Waals surface area contributed by atoms with Crippen molar-refractivity contribution in [2.75, 3.05) is 32.7 Å². The lowest BCUT2D eigenvalue weighted by Crippen LogP contribution is -2.33. The second kappa shape index (κ2) is 12.0. The minimum absolute atomic E-state index is 1.15. The van der Waals surface area contributed by atoms with E-state index >= 15 is 0 Å². The minimum Gasteiger partial charge on any atom is -0.315 e. The third-order valence-electron chi connectivity index (χ3n) is 2.69. The molecule has 0 fully saturated rings. The van der Waals surface area contributed by atoms with E-state index in [1.807, 2.05) is 0 Å². The Morgan fingerprint density at radius 1 is 0.733 bits per heavy atom. The molecule has 0 aliphatic rings. The molecule has 2 nitrogen and oxygen atoms in total. The molecule has 0 aromatic rings. The van der Waals surface area contributed by atoms with Crippen LogP contribution >= 0.6 is 0 Å². The number of rotatable bonds is 11. The van der Waals surface area contributed by atoms with Gasteiger partial charge in [0, 0.05) is 13.1 Å². The van der Waals surface area contributed by atoms with Gasteiger partial charge in [-0.25, -0.2) is 0 Å². The van der Waals surface area contributed by atoms with Crippen LogP contribution in [0.1, 0.15) is 52.9 Å². The Hall–Kier alpha value is -0.0800. The first-order valence-corrected chi connectivity index (χ1v) is 6.78. The molecule has 0 saturated heterocycles. The molecule has 0 heterocycles. The number of unbranched alkanes of at least 4 members (excludes halogenated alkanes) is 2. The van der Waals surface area contributed by atoms with Gasteiger partial charge < -0.3 is 10.2 Å². The van der Waals surface area contributed by atoms with Crippen LogP contribution in [0, 0.1) is 0 Å². The summed E-state index contributed by atoms with van der Waals surface area (Å²) in [6.45, 7) is 12.9. The van der Waals surface area contributed by atoms with E-state index in [0.717, 1.165) is 13.1 Å². The molecule has 1 N–H and O–H groups in total. The fraction of sp³-hybridized carbons (Fsp3) is 1.00. The summed E-state index contributed by atoms with van der Waals surface area (Å²) in [4.78, 5) is 2.61. The minimum atomic E-state index is 1.15. The van der Waals surface area contributed by atoms with E-state index in [2.05, 4.69) is 31.0 Å². The molecule has 0 aliphatic heterocycles. The highest BCUT2D eigenvalue weighted by Gasteiger charge is 2.02. The van der Waals surface area contributed by atoms with Crippen molar-refractivity contribution >= 4 is 0 Å². The van der Waals surface area contributed by atoms with Gasteiger partial charge in [-0.1, -0.05) is 33.6 Å². The van der Waals surface area contributed by atoms with Crippen molar-refractivity contribution in [2.24, 2.45) is 0 Å². The average Bonchev–Trinajstić information content (AvgIpc) is 2.27. The lowest BCUT2D eigenvalue weighted by molar-refractivity contribution is 0.265. The zero-order chi connectivity index (χ0) is 11.4. The smallest absolute Gasteiger partial charge is 0.0107 e. The Morgan fingerprint density at radius 3 is 1.80 bits per heavy atom. The normalized spacial score (nSPS) is 11.2. The summed E-state index contributed by atoms with van der Waals surface area (Å²) in [6, 6.07) is 0. The summed E-state index contributed by atoms with van der Waals surface area (Å²) < 4.78 is 0. The van der Waals surface area contributed by atoms with Gasteiger partial charge in [-0.3, -0.25) is 0 Å². The first-order valence-electron chi connectivity index (χ1n) is 6.78. The summed E-state index contributed by atoms with van der Waals surface area (Å²) in [6.07, 6.45) is 6.55. The lowest BCUT2D eigenvalue weighted by Gasteiger charge is -2.22. The first kappa shape index (κ1) is 14.9. The number of nitrogens with zero attached hydrogens (tertiary/aromatic N) is 1. The van der Waals surface area contributed by atoms with Crippen molar-refractivity contribution in [3.05, 3.63) is 0 Å². The molecule has 0 radical (unpaired) electrons. The zero-order valence-electron chi connectivity index (χ0n) is 11.0. The van der Waals surface area contributed by atoms with E-state index in [-0.39, 0.29) is 0 Å². The predicted octanol–water partition coefficient (Wildman–Crippen LogP) is 2.89. The molecule has 15 heavy (non-hydrogen) atoms. The molecular weight excluding hydrogens is 184 g/mol. The number of hydrogen-bond donors (Lipinski definition) is 1.